The van der Waals surface area contributed by atoms with Crippen molar-refractivity contribution in [1.29, 1.82) is 0 Å². The maximum absolute atomic E-state index is 12.4. The molecule has 0 saturated carbocycles. The SMILES string of the molecule is CCCCOc1cccc(/C=N\NC(=O)c2ccc3nc(SC(C)C)[nH]c3c2)c1. The lowest BCUT2D eigenvalue weighted by Gasteiger charge is -2.05. The molecule has 0 atom stereocenters. The van der Waals surface area contributed by atoms with E-state index in [4.69, 9.17) is 4.74 Å². The highest BCUT2D eigenvalue weighted by molar-refractivity contribution is 7.99. The summed E-state index contributed by atoms with van der Waals surface area (Å²) in [6.45, 7) is 7.05. The first-order chi connectivity index (χ1) is 14.0. The van der Waals surface area contributed by atoms with E-state index in [0.717, 1.165) is 40.3 Å². The number of amides is 1. The first-order valence-corrected chi connectivity index (χ1v) is 10.7. The van der Waals surface area contributed by atoms with Crippen LogP contribution in [0.3, 0.4) is 0 Å². The number of hydrogen-bond acceptors (Lipinski definition) is 5. The molecular weight excluding hydrogens is 384 g/mol. The van der Waals surface area contributed by atoms with Gasteiger partial charge in [0.05, 0.1) is 23.9 Å². The number of rotatable bonds is 9. The van der Waals surface area contributed by atoms with Crippen LogP contribution in [0.2, 0.25) is 0 Å². The minimum atomic E-state index is -0.272. The summed E-state index contributed by atoms with van der Waals surface area (Å²) in [5, 5.41) is 5.36. The maximum atomic E-state index is 12.4. The summed E-state index contributed by atoms with van der Waals surface area (Å²) >= 11 is 1.66. The Labute approximate surface area is 175 Å². The number of fused-ring (bicyclic) bond motifs is 1. The normalized spacial score (nSPS) is 11.4. The van der Waals surface area contributed by atoms with Gasteiger partial charge in [-0.3, -0.25) is 4.79 Å². The van der Waals surface area contributed by atoms with Gasteiger partial charge in [-0.25, -0.2) is 10.4 Å². The largest absolute Gasteiger partial charge is 0.494 e. The molecule has 2 aromatic carbocycles. The molecule has 0 saturated heterocycles. The number of benzene rings is 2. The topological polar surface area (TPSA) is 79.4 Å². The molecule has 6 nitrogen and oxygen atoms in total. The number of hydrazone groups is 1. The average Bonchev–Trinajstić information content (AvgIpc) is 3.09. The van der Waals surface area contributed by atoms with Crippen molar-refractivity contribution < 1.29 is 9.53 Å². The third-order valence-corrected chi connectivity index (χ3v) is 4.96. The molecule has 1 heterocycles. The van der Waals surface area contributed by atoms with Crippen LogP contribution in [-0.4, -0.2) is 33.9 Å². The molecule has 3 aromatic rings. The van der Waals surface area contributed by atoms with Crippen molar-refractivity contribution in [3.63, 3.8) is 0 Å². The van der Waals surface area contributed by atoms with E-state index >= 15 is 0 Å². The summed E-state index contributed by atoms with van der Waals surface area (Å²) in [5.74, 6) is 0.527. The number of nitrogens with one attached hydrogen (secondary N) is 2. The zero-order valence-electron chi connectivity index (χ0n) is 16.9. The van der Waals surface area contributed by atoms with Crippen LogP contribution in [0.25, 0.3) is 11.0 Å². The molecule has 1 aromatic heterocycles. The molecule has 3 rings (SSSR count). The van der Waals surface area contributed by atoms with Crippen LogP contribution >= 0.6 is 11.8 Å². The molecule has 0 aliphatic carbocycles. The molecule has 0 fully saturated rings. The number of imidazole rings is 1. The van der Waals surface area contributed by atoms with Crippen molar-refractivity contribution in [3.8, 4) is 5.75 Å². The number of aromatic nitrogens is 2. The maximum Gasteiger partial charge on any atom is 0.271 e. The van der Waals surface area contributed by atoms with Gasteiger partial charge in [0, 0.05) is 10.8 Å². The molecule has 0 bridgehead atoms. The molecule has 7 heteroatoms. The molecule has 0 aliphatic heterocycles. The smallest absolute Gasteiger partial charge is 0.271 e. The Morgan fingerprint density at radius 2 is 2.17 bits per heavy atom. The number of unbranched alkanes of at least 4 members (excludes halogenated alkanes) is 1. The fourth-order valence-corrected chi connectivity index (χ4v) is 3.42. The lowest BCUT2D eigenvalue weighted by Crippen LogP contribution is -2.17. The van der Waals surface area contributed by atoms with Gasteiger partial charge < -0.3 is 9.72 Å². The van der Waals surface area contributed by atoms with Gasteiger partial charge in [-0.15, -0.1) is 0 Å². The number of thioether (sulfide) groups is 1. The van der Waals surface area contributed by atoms with Gasteiger partial charge in [0.25, 0.3) is 5.91 Å². The van der Waals surface area contributed by atoms with Gasteiger partial charge in [-0.1, -0.05) is 51.1 Å². The molecular formula is C22H26N4O2S. The average molecular weight is 411 g/mol. The molecule has 152 valence electrons. The minimum Gasteiger partial charge on any atom is -0.494 e. The third kappa shape index (κ3) is 6.09. The Bertz CT molecular complexity index is 997. The Hall–Kier alpha value is -2.80. The van der Waals surface area contributed by atoms with E-state index in [1.165, 1.54) is 0 Å². The second-order valence-electron chi connectivity index (χ2n) is 6.91. The Kier molecular flexibility index (Phi) is 7.30. The molecule has 0 spiro atoms. The monoisotopic (exact) mass is 410 g/mol. The number of aromatic amines is 1. The fraction of sp³-hybridized carbons (Fsp3) is 0.318. The predicted octanol–water partition coefficient (Wildman–Crippen LogP) is 5.01. The highest BCUT2D eigenvalue weighted by Gasteiger charge is 2.09. The fourth-order valence-electron chi connectivity index (χ4n) is 2.66. The molecule has 0 radical (unpaired) electrons. The van der Waals surface area contributed by atoms with E-state index in [1.54, 1.807) is 30.1 Å². The quantitative estimate of drug-likeness (QED) is 0.225. The van der Waals surface area contributed by atoms with Crippen LogP contribution in [-0.2, 0) is 0 Å². The summed E-state index contributed by atoms with van der Waals surface area (Å²) in [6, 6.07) is 13.0. The molecule has 0 aliphatic rings. The second-order valence-corrected chi connectivity index (χ2v) is 8.48. The number of carbonyl (C=O) groups is 1. The summed E-state index contributed by atoms with van der Waals surface area (Å²) in [6.07, 6.45) is 3.72. The molecule has 2 N–H and O–H groups in total. The standard InChI is InChI=1S/C22H26N4O2S/c1-4-5-11-28-18-8-6-7-16(12-18)14-23-26-21(27)17-9-10-19-20(13-17)25-22(24-19)29-15(2)3/h6-10,12-15H,4-5,11H2,1-3H3,(H,24,25)(H,26,27)/b23-14-. The van der Waals surface area contributed by atoms with Gasteiger partial charge >= 0.3 is 0 Å². The van der Waals surface area contributed by atoms with Gasteiger partial charge in [0.2, 0.25) is 0 Å². The summed E-state index contributed by atoms with van der Waals surface area (Å²) < 4.78 is 5.69. The second kappa shape index (κ2) is 10.1. The number of carbonyl (C=O) groups excluding carboxylic acids is 1. The van der Waals surface area contributed by atoms with Crippen LogP contribution in [0.15, 0.2) is 52.7 Å². The highest BCUT2D eigenvalue weighted by atomic mass is 32.2. The third-order valence-electron chi connectivity index (χ3n) is 4.07. The van der Waals surface area contributed by atoms with Gasteiger partial charge in [-0.05, 0) is 42.3 Å². The first kappa shape index (κ1) is 20.9. The van der Waals surface area contributed by atoms with E-state index in [2.05, 4.69) is 41.3 Å². The van der Waals surface area contributed by atoms with Crippen molar-refractivity contribution in [2.45, 2.75) is 44.0 Å². The lowest BCUT2D eigenvalue weighted by molar-refractivity contribution is 0.0955. The van der Waals surface area contributed by atoms with Crippen molar-refractivity contribution in [1.82, 2.24) is 15.4 Å². The zero-order chi connectivity index (χ0) is 20.6. The number of ether oxygens (including phenoxy) is 1. The summed E-state index contributed by atoms with van der Waals surface area (Å²) in [4.78, 5) is 20.2. The summed E-state index contributed by atoms with van der Waals surface area (Å²) in [5.41, 5.74) is 5.63. The lowest BCUT2D eigenvalue weighted by atomic mass is 10.2. The van der Waals surface area contributed by atoms with Crippen LogP contribution < -0.4 is 10.2 Å². The molecule has 29 heavy (non-hydrogen) atoms. The van der Waals surface area contributed by atoms with Crippen molar-refractivity contribution in [2.24, 2.45) is 5.10 Å². The highest BCUT2D eigenvalue weighted by Crippen LogP contribution is 2.23. The van der Waals surface area contributed by atoms with E-state index in [1.807, 2.05) is 30.3 Å². The van der Waals surface area contributed by atoms with Crippen molar-refractivity contribution >= 4 is 34.9 Å². The predicted molar refractivity (Wildman–Crippen MR) is 119 cm³/mol. The summed E-state index contributed by atoms with van der Waals surface area (Å²) in [7, 11) is 0. The van der Waals surface area contributed by atoms with E-state index in [-0.39, 0.29) is 5.91 Å². The number of H-pyrrole nitrogens is 1. The Morgan fingerprint density at radius 3 is 2.97 bits per heavy atom. The first-order valence-electron chi connectivity index (χ1n) is 9.78. The van der Waals surface area contributed by atoms with E-state index in [0.29, 0.717) is 17.4 Å². The number of nitrogens with zero attached hydrogens (tertiary/aromatic N) is 2. The Balaban J connectivity index is 1.62. The van der Waals surface area contributed by atoms with Crippen LogP contribution in [0.1, 0.15) is 49.5 Å². The van der Waals surface area contributed by atoms with E-state index in [9.17, 15) is 4.79 Å². The van der Waals surface area contributed by atoms with Gasteiger partial charge in [0.15, 0.2) is 5.16 Å². The van der Waals surface area contributed by atoms with Crippen LogP contribution in [0, 0.1) is 0 Å². The van der Waals surface area contributed by atoms with Crippen LogP contribution in [0.5, 0.6) is 5.75 Å². The Morgan fingerprint density at radius 1 is 1.31 bits per heavy atom. The van der Waals surface area contributed by atoms with E-state index < -0.39 is 0 Å². The number of hydrogen-bond donors (Lipinski definition) is 2. The van der Waals surface area contributed by atoms with Crippen molar-refractivity contribution in [2.75, 3.05) is 6.61 Å². The zero-order valence-corrected chi connectivity index (χ0v) is 17.8. The van der Waals surface area contributed by atoms with Crippen molar-refractivity contribution in [3.05, 3.63) is 53.6 Å². The molecule has 1 amide bonds. The van der Waals surface area contributed by atoms with Gasteiger partial charge in [0.1, 0.15) is 5.75 Å². The van der Waals surface area contributed by atoms with Gasteiger partial charge in [-0.2, -0.15) is 5.10 Å². The van der Waals surface area contributed by atoms with Crippen LogP contribution in [0.4, 0.5) is 0 Å². The minimum absolute atomic E-state index is 0.272. The molecule has 0 unspecified atom stereocenters.